The van der Waals surface area contributed by atoms with Gasteiger partial charge in [-0.05, 0) is 42.3 Å². The van der Waals surface area contributed by atoms with Gasteiger partial charge in [-0.1, -0.05) is 30.7 Å². The van der Waals surface area contributed by atoms with E-state index in [4.69, 9.17) is 26.3 Å². The summed E-state index contributed by atoms with van der Waals surface area (Å²) in [5, 5.41) is 12.0. The van der Waals surface area contributed by atoms with Crippen molar-refractivity contribution in [3.63, 3.8) is 0 Å². The smallest absolute Gasteiger partial charge is 0.248 e. The Morgan fingerprint density at radius 1 is 1.34 bits per heavy atom. The van der Waals surface area contributed by atoms with Gasteiger partial charge in [0.1, 0.15) is 0 Å². The normalized spacial score (nSPS) is 10.6. The van der Waals surface area contributed by atoms with Crippen molar-refractivity contribution >= 4 is 41.0 Å². The lowest BCUT2D eigenvalue weighted by molar-refractivity contribution is -0.111. The Bertz CT molecular complexity index is 909. The molecule has 0 aliphatic carbocycles. The van der Waals surface area contributed by atoms with Gasteiger partial charge in [-0.25, -0.2) is 0 Å². The molecule has 0 saturated heterocycles. The fourth-order valence-electron chi connectivity index (χ4n) is 2.43. The number of carbonyl (C=O) groups excluding carboxylic acids is 1. The summed E-state index contributed by atoms with van der Waals surface area (Å²) in [7, 11) is 1.55. The van der Waals surface area contributed by atoms with Crippen LogP contribution in [-0.4, -0.2) is 25.4 Å². The third kappa shape index (κ3) is 7.04. The van der Waals surface area contributed by atoms with Crippen molar-refractivity contribution in [2.45, 2.75) is 24.7 Å². The van der Waals surface area contributed by atoms with Crippen molar-refractivity contribution in [1.82, 2.24) is 0 Å². The minimum Gasteiger partial charge on any atom is -0.493 e. The zero-order chi connectivity index (χ0) is 21.1. The highest BCUT2D eigenvalue weighted by Crippen LogP contribution is 2.37. The number of carbonyl (C=O) groups is 1. The van der Waals surface area contributed by atoms with Gasteiger partial charge in [-0.15, -0.1) is 11.8 Å². The highest BCUT2D eigenvalue weighted by Gasteiger charge is 2.11. The molecule has 0 unspecified atom stereocenters. The van der Waals surface area contributed by atoms with Crippen LogP contribution in [0.3, 0.4) is 0 Å². The molecule has 2 rings (SSSR count). The Kier molecular flexibility index (Phi) is 9.42. The Hall–Kier alpha value is -2.62. The molecule has 0 saturated carbocycles. The summed E-state index contributed by atoms with van der Waals surface area (Å²) in [4.78, 5) is 13.3. The first kappa shape index (κ1) is 22.7. The monoisotopic (exact) mass is 430 g/mol. The molecule has 0 heterocycles. The van der Waals surface area contributed by atoms with Crippen molar-refractivity contribution in [1.29, 1.82) is 5.26 Å². The van der Waals surface area contributed by atoms with E-state index in [1.54, 1.807) is 25.3 Å². The average molecular weight is 431 g/mol. The third-order valence-corrected chi connectivity index (χ3v) is 5.10. The lowest BCUT2D eigenvalue weighted by atomic mass is 10.2. The van der Waals surface area contributed by atoms with Gasteiger partial charge in [0.25, 0.3) is 0 Å². The topological polar surface area (TPSA) is 71.3 Å². The van der Waals surface area contributed by atoms with Crippen molar-refractivity contribution in [3.05, 3.63) is 53.1 Å². The second kappa shape index (κ2) is 12.1. The van der Waals surface area contributed by atoms with Crippen molar-refractivity contribution in [3.8, 4) is 17.6 Å². The first-order chi connectivity index (χ1) is 14.1. The summed E-state index contributed by atoms with van der Waals surface area (Å²) in [6.07, 6.45) is 4.41. The van der Waals surface area contributed by atoms with Gasteiger partial charge in [0.15, 0.2) is 11.5 Å². The minimum absolute atomic E-state index is 0.264. The maximum Gasteiger partial charge on any atom is 0.248 e. The molecule has 0 bridgehead atoms. The molecule has 0 spiro atoms. The fourth-order valence-corrected chi connectivity index (χ4v) is 3.57. The number of ether oxygens (including phenoxy) is 2. The van der Waals surface area contributed by atoms with E-state index in [-0.39, 0.29) is 5.91 Å². The number of halogens is 1. The number of thioether (sulfide) groups is 1. The molecule has 0 atom stereocenters. The maximum atomic E-state index is 12.4. The quantitative estimate of drug-likeness (QED) is 0.293. The van der Waals surface area contributed by atoms with Gasteiger partial charge in [0.2, 0.25) is 5.91 Å². The first-order valence-electron chi connectivity index (χ1n) is 9.17. The van der Waals surface area contributed by atoms with Crippen LogP contribution in [0.2, 0.25) is 5.02 Å². The van der Waals surface area contributed by atoms with E-state index in [2.05, 4.69) is 11.4 Å². The van der Waals surface area contributed by atoms with Crippen molar-refractivity contribution in [2.75, 3.05) is 24.8 Å². The predicted octanol–water partition coefficient (Wildman–Crippen LogP) is 5.80. The van der Waals surface area contributed by atoms with Crippen LogP contribution in [0.25, 0.3) is 6.08 Å². The summed E-state index contributed by atoms with van der Waals surface area (Å²) in [6.45, 7) is 2.55. The molecule has 2 aromatic rings. The highest BCUT2D eigenvalue weighted by atomic mass is 35.5. The van der Waals surface area contributed by atoms with E-state index in [0.29, 0.717) is 41.0 Å². The molecular weight excluding hydrogens is 408 g/mol. The predicted molar refractivity (Wildman–Crippen MR) is 119 cm³/mol. The second-order valence-corrected chi connectivity index (χ2v) is 7.50. The second-order valence-electron chi connectivity index (χ2n) is 5.96. The number of nitrogens with one attached hydrogen (secondary N) is 1. The van der Waals surface area contributed by atoms with Crippen LogP contribution in [0.4, 0.5) is 5.69 Å². The van der Waals surface area contributed by atoms with Crippen LogP contribution in [0.1, 0.15) is 25.3 Å². The number of methoxy groups -OCH3 is 1. The minimum atomic E-state index is -0.264. The number of amides is 1. The molecule has 0 aliphatic heterocycles. The van der Waals surface area contributed by atoms with Crippen LogP contribution in [-0.2, 0) is 4.79 Å². The molecule has 7 heteroatoms. The molecule has 0 aliphatic rings. The zero-order valence-corrected chi connectivity index (χ0v) is 18.0. The Morgan fingerprint density at radius 2 is 2.14 bits per heavy atom. The van der Waals surface area contributed by atoms with Gasteiger partial charge in [-0.2, -0.15) is 5.26 Å². The zero-order valence-electron chi connectivity index (χ0n) is 16.4. The summed E-state index contributed by atoms with van der Waals surface area (Å²) < 4.78 is 11.0. The first-order valence-corrected chi connectivity index (χ1v) is 10.5. The highest BCUT2D eigenvalue weighted by molar-refractivity contribution is 7.99. The number of para-hydroxylation sites is 1. The Labute approximate surface area is 180 Å². The molecule has 0 fully saturated rings. The van der Waals surface area contributed by atoms with E-state index >= 15 is 0 Å². The number of anilines is 1. The molecule has 29 heavy (non-hydrogen) atoms. The number of nitriles is 1. The largest absolute Gasteiger partial charge is 0.493 e. The van der Waals surface area contributed by atoms with E-state index < -0.39 is 0 Å². The van der Waals surface area contributed by atoms with Gasteiger partial charge < -0.3 is 14.8 Å². The number of hydrogen-bond donors (Lipinski definition) is 1. The van der Waals surface area contributed by atoms with Gasteiger partial charge in [0.05, 0.1) is 30.5 Å². The van der Waals surface area contributed by atoms with Gasteiger partial charge in [-0.3, -0.25) is 4.79 Å². The molecule has 152 valence electrons. The van der Waals surface area contributed by atoms with Gasteiger partial charge in [0, 0.05) is 23.1 Å². The molecule has 1 N–H and O–H groups in total. The molecule has 0 aromatic heterocycles. The summed E-state index contributed by atoms with van der Waals surface area (Å²) in [6, 6.07) is 13.1. The van der Waals surface area contributed by atoms with Crippen LogP contribution in [0, 0.1) is 11.3 Å². The molecular formula is C22H23ClN2O3S. The number of hydrogen-bond acceptors (Lipinski definition) is 5. The Balaban J connectivity index is 2.10. The van der Waals surface area contributed by atoms with Crippen LogP contribution >= 0.6 is 23.4 Å². The number of nitrogens with zero attached hydrogens (tertiary/aromatic N) is 1. The standard InChI is InChI=1S/C22H23ClN2O3S/c1-3-12-28-22-17(23)14-16(15-19(22)27-2)9-10-21(26)25-18-7-4-5-8-20(18)29-13-6-11-24/h4-5,7-10,14-15H,3,6,12-13H2,1-2H3,(H,25,26)/b10-9+. The summed E-state index contributed by atoms with van der Waals surface area (Å²) in [5.74, 6) is 1.43. The Morgan fingerprint density at radius 3 is 2.86 bits per heavy atom. The fraction of sp³-hybridized carbons (Fsp3) is 0.273. The SMILES string of the molecule is CCCOc1c(Cl)cc(/C=C/C(=O)Nc2ccccc2SCCC#N)cc1OC. The van der Waals surface area contributed by atoms with Gasteiger partial charge >= 0.3 is 0 Å². The van der Waals surface area contributed by atoms with E-state index in [1.165, 1.54) is 17.8 Å². The molecule has 1 amide bonds. The molecule has 5 nitrogen and oxygen atoms in total. The van der Waals surface area contributed by atoms with E-state index in [9.17, 15) is 4.79 Å². The average Bonchev–Trinajstić information content (AvgIpc) is 2.72. The third-order valence-electron chi connectivity index (χ3n) is 3.75. The van der Waals surface area contributed by atoms with Crippen molar-refractivity contribution in [2.24, 2.45) is 0 Å². The number of rotatable bonds is 10. The van der Waals surface area contributed by atoms with Crippen LogP contribution in [0.15, 0.2) is 47.4 Å². The lowest BCUT2D eigenvalue weighted by Crippen LogP contribution is -2.08. The van der Waals surface area contributed by atoms with E-state index in [1.807, 2.05) is 31.2 Å². The summed E-state index contributed by atoms with van der Waals surface area (Å²) in [5.41, 5.74) is 1.44. The lowest BCUT2D eigenvalue weighted by Gasteiger charge is -2.12. The van der Waals surface area contributed by atoms with Crippen molar-refractivity contribution < 1.29 is 14.3 Å². The molecule has 2 aromatic carbocycles. The summed E-state index contributed by atoms with van der Waals surface area (Å²) >= 11 is 7.84. The van der Waals surface area contributed by atoms with E-state index in [0.717, 1.165) is 16.9 Å². The molecule has 0 radical (unpaired) electrons. The van der Waals surface area contributed by atoms with Crippen LogP contribution in [0.5, 0.6) is 11.5 Å². The van der Waals surface area contributed by atoms with Crippen LogP contribution < -0.4 is 14.8 Å². The maximum absolute atomic E-state index is 12.4. The number of benzene rings is 2.